The summed E-state index contributed by atoms with van der Waals surface area (Å²) in [5.74, 6) is -0.156. The molecule has 5 nitrogen and oxygen atoms in total. The Bertz CT molecular complexity index is 418. The molecule has 1 amide bonds. The highest BCUT2D eigenvalue weighted by Gasteiger charge is 2.26. The van der Waals surface area contributed by atoms with Crippen molar-refractivity contribution in [1.29, 1.82) is 0 Å². The average Bonchev–Trinajstić information content (AvgIpc) is 2.53. The maximum absolute atomic E-state index is 12.2. The van der Waals surface area contributed by atoms with E-state index in [0.717, 1.165) is 12.8 Å². The van der Waals surface area contributed by atoms with Crippen LogP contribution in [0.15, 0.2) is 0 Å². The van der Waals surface area contributed by atoms with Gasteiger partial charge < -0.3 is 11.1 Å². The second-order valence-electron chi connectivity index (χ2n) is 4.69. The van der Waals surface area contributed by atoms with E-state index in [1.54, 1.807) is 14.0 Å². The van der Waals surface area contributed by atoms with Crippen LogP contribution in [0.4, 0.5) is 5.69 Å². The third kappa shape index (κ3) is 2.60. The first kappa shape index (κ1) is 13.5. The molecule has 3 N–H and O–H groups in total. The Hall–Kier alpha value is -1.52. The Morgan fingerprint density at radius 1 is 1.47 bits per heavy atom. The molecular formula is C12H22N4O. The minimum atomic E-state index is -0.193. The molecule has 0 atom stereocenters. The third-order valence-electron chi connectivity index (χ3n) is 3.46. The van der Waals surface area contributed by atoms with E-state index in [-0.39, 0.29) is 11.4 Å². The van der Waals surface area contributed by atoms with Crippen LogP contribution in [0.3, 0.4) is 0 Å². The molecule has 0 unspecified atom stereocenters. The molecule has 0 saturated heterocycles. The third-order valence-corrected chi connectivity index (χ3v) is 3.46. The number of nitrogens with zero attached hydrogens (tertiary/aromatic N) is 2. The van der Waals surface area contributed by atoms with Gasteiger partial charge in [-0.3, -0.25) is 9.48 Å². The highest BCUT2D eigenvalue weighted by molar-refractivity contribution is 5.98. The fourth-order valence-corrected chi connectivity index (χ4v) is 1.70. The lowest BCUT2D eigenvalue weighted by molar-refractivity contribution is 0.0892. The smallest absolute Gasteiger partial charge is 0.272 e. The first-order chi connectivity index (χ1) is 7.84. The lowest BCUT2D eigenvalue weighted by Crippen LogP contribution is -2.45. The number of aryl methyl sites for hydroxylation is 2. The van der Waals surface area contributed by atoms with Gasteiger partial charge in [0.05, 0.1) is 11.4 Å². The summed E-state index contributed by atoms with van der Waals surface area (Å²) in [5.41, 5.74) is 7.25. The molecule has 1 rings (SSSR count). The van der Waals surface area contributed by atoms with Gasteiger partial charge in [0.25, 0.3) is 5.91 Å². The van der Waals surface area contributed by atoms with E-state index < -0.39 is 0 Å². The minimum Gasteiger partial charge on any atom is -0.395 e. The summed E-state index contributed by atoms with van der Waals surface area (Å²) in [7, 11) is 1.73. The lowest BCUT2D eigenvalue weighted by Gasteiger charge is -2.28. The highest BCUT2D eigenvalue weighted by Crippen LogP contribution is 2.19. The van der Waals surface area contributed by atoms with Crippen LogP contribution >= 0.6 is 0 Å². The molecule has 0 radical (unpaired) electrons. The first-order valence-electron chi connectivity index (χ1n) is 5.96. The van der Waals surface area contributed by atoms with Gasteiger partial charge in [-0.25, -0.2) is 0 Å². The number of carbonyl (C=O) groups is 1. The maximum atomic E-state index is 12.2. The summed E-state index contributed by atoms with van der Waals surface area (Å²) in [6.07, 6.45) is 1.76. The molecule has 0 aromatic carbocycles. The van der Waals surface area contributed by atoms with Crippen LogP contribution in [0.1, 0.15) is 49.8 Å². The molecule has 5 heteroatoms. The summed E-state index contributed by atoms with van der Waals surface area (Å²) in [4.78, 5) is 12.2. The number of hydrogen-bond acceptors (Lipinski definition) is 3. The topological polar surface area (TPSA) is 72.9 Å². The number of carbonyl (C=O) groups excluding carboxylic acids is 1. The SMILES string of the molecule is CCC(C)(CC)NC(=O)c1c(N)c(C)nn1C. The summed E-state index contributed by atoms with van der Waals surface area (Å²) < 4.78 is 1.53. The molecule has 0 saturated carbocycles. The monoisotopic (exact) mass is 238 g/mol. The van der Waals surface area contributed by atoms with Gasteiger partial charge >= 0.3 is 0 Å². The van der Waals surface area contributed by atoms with Crippen molar-refractivity contribution >= 4 is 11.6 Å². The van der Waals surface area contributed by atoms with Crippen LogP contribution in [0, 0.1) is 6.92 Å². The molecule has 96 valence electrons. The minimum absolute atomic E-state index is 0.156. The van der Waals surface area contributed by atoms with Crippen LogP contribution < -0.4 is 11.1 Å². The van der Waals surface area contributed by atoms with Crippen molar-refractivity contribution in [3.05, 3.63) is 11.4 Å². The number of aromatic nitrogens is 2. The molecule has 0 fully saturated rings. The van der Waals surface area contributed by atoms with E-state index in [2.05, 4.69) is 24.3 Å². The van der Waals surface area contributed by atoms with E-state index in [0.29, 0.717) is 17.1 Å². The van der Waals surface area contributed by atoms with Gasteiger partial charge in [0.15, 0.2) is 0 Å². The van der Waals surface area contributed by atoms with Crippen LogP contribution in [-0.4, -0.2) is 21.2 Å². The van der Waals surface area contributed by atoms with Crippen LogP contribution in [0.25, 0.3) is 0 Å². The van der Waals surface area contributed by atoms with Gasteiger partial charge in [0.2, 0.25) is 0 Å². The van der Waals surface area contributed by atoms with E-state index in [4.69, 9.17) is 5.73 Å². The molecule has 0 spiro atoms. The molecule has 1 heterocycles. The van der Waals surface area contributed by atoms with Crippen molar-refractivity contribution in [3.8, 4) is 0 Å². The normalized spacial score (nSPS) is 11.6. The summed E-state index contributed by atoms with van der Waals surface area (Å²) in [6.45, 7) is 7.94. The van der Waals surface area contributed by atoms with E-state index in [9.17, 15) is 4.79 Å². The molecule has 0 aliphatic carbocycles. The Labute approximate surface area is 102 Å². The predicted octanol–water partition coefficient (Wildman–Crippen LogP) is 1.62. The number of rotatable bonds is 4. The largest absolute Gasteiger partial charge is 0.395 e. The van der Waals surface area contributed by atoms with Crippen molar-refractivity contribution < 1.29 is 4.79 Å². The average molecular weight is 238 g/mol. The number of nitrogen functional groups attached to an aromatic ring is 1. The van der Waals surface area contributed by atoms with Gasteiger partial charge in [-0.05, 0) is 26.7 Å². The molecule has 1 aromatic heterocycles. The Kier molecular flexibility index (Phi) is 3.80. The number of nitrogens with two attached hydrogens (primary N) is 1. The summed E-state index contributed by atoms with van der Waals surface area (Å²) in [6, 6.07) is 0. The number of nitrogens with one attached hydrogen (secondary N) is 1. The highest BCUT2D eigenvalue weighted by atomic mass is 16.2. The Morgan fingerprint density at radius 2 is 2.00 bits per heavy atom. The molecule has 0 aliphatic rings. The molecule has 0 bridgehead atoms. The molecule has 17 heavy (non-hydrogen) atoms. The standard InChI is InChI=1S/C12H22N4O/c1-6-12(4,7-2)14-11(17)10-9(13)8(3)15-16(10)5/h6-7,13H2,1-5H3,(H,14,17). The van der Waals surface area contributed by atoms with Gasteiger partial charge in [-0.2, -0.15) is 5.10 Å². The fourth-order valence-electron chi connectivity index (χ4n) is 1.70. The van der Waals surface area contributed by atoms with Crippen molar-refractivity contribution in [1.82, 2.24) is 15.1 Å². The van der Waals surface area contributed by atoms with Crippen molar-refractivity contribution in [3.63, 3.8) is 0 Å². The zero-order valence-electron chi connectivity index (χ0n) is 11.3. The zero-order valence-corrected chi connectivity index (χ0v) is 11.3. The van der Waals surface area contributed by atoms with Crippen LogP contribution in [-0.2, 0) is 7.05 Å². The molecule has 1 aromatic rings. The van der Waals surface area contributed by atoms with Gasteiger partial charge in [-0.1, -0.05) is 13.8 Å². The van der Waals surface area contributed by atoms with Gasteiger partial charge in [-0.15, -0.1) is 0 Å². The maximum Gasteiger partial charge on any atom is 0.272 e. The van der Waals surface area contributed by atoms with Crippen molar-refractivity contribution in [2.24, 2.45) is 7.05 Å². The quantitative estimate of drug-likeness (QED) is 0.837. The van der Waals surface area contributed by atoms with E-state index in [1.165, 1.54) is 4.68 Å². The van der Waals surface area contributed by atoms with Crippen molar-refractivity contribution in [2.75, 3.05) is 5.73 Å². The number of anilines is 1. The lowest BCUT2D eigenvalue weighted by atomic mass is 9.95. The number of amides is 1. The Balaban J connectivity index is 2.98. The fraction of sp³-hybridized carbons (Fsp3) is 0.667. The first-order valence-corrected chi connectivity index (χ1v) is 5.96. The van der Waals surface area contributed by atoms with Gasteiger partial charge in [0, 0.05) is 12.6 Å². The van der Waals surface area contributed by atoms with Crippen LogP contribution in [0.2, 0.25) is 0 Å². The Morgan fingerprint density at radius 3 is 2.35 bits per heavy atom. The van der Waals surface area contributed by atoms with E-state index in [1.807, 2.05) is 6.92 Å². The summed E-state index contributed by atoms with van der Waals surface area (Å²) >= 11 is 0. The molecule has 0 aliphatic heterocycles. The predicted molar refractivity (Wildman–Crippen MR) is 68.8 cm³/mol. The second kappa shape index (κ2) is 4.77. The van der Waals surface area contributed by atoms with Crippen molar-refractivity contribution in [2.45, 2.75) is 46.1 Å². The van der Waals surface area contributed by atoms with Gasteiger partial charge in [0.1, 0.15) is 5.69 Å². The van der Waals surface area contributed by atoms with E-state index >= 15 is 0 Å². The summed E-state index contributed by atoms with van der Waals surface area (Å²) in [5, 5.41) is 7.17. The zero-order chi connectivity index (χ0) is 13.2. The van der Waals surface area contributed by atoms with Crippen LogP contribution in [0.5, 0.6) is 0 Å². The molecular weight excluding hydrogens is 216 g/mol. The second-order valence-corrected chi connectivity index (χ2v) is 4.69. The number of hydrogen-bond donors (Lipinski definition) is 2.